The van der Waals surface area contributed by atoms with Gasteiger partial charge in [0.2, 0.25) is 5.95 Å². The summed E-state index contributed by atoms with van der Waals surface area (Å²) >= 11 is 0. The maximum Gasteiger partial charge on any atom is 0.201 e. The van der Waals surface area contributed by atoms with Gasteiger partial charge in [0.25, 0.3) is 0 Å². The van der Waals surface area contributed by atoms with E-state index in [4.69, 9.17) is 10.9 Å². The number of nitrogens with zero attached hydrogens (tertiary/aromatic N) is 3. The smallest absolute Gasteiger partial charge is 0.201 e. The van der Waals surface area contributed by atoms with Crippen LogP contribution in [0.1, 0.15) is 18.4 Å². The van der Waals surface area contributed by atoms with E-state index in [0.717, 1.165) is 31.0 Å². The minimum Gasteiger partial charge on any atom is -0.409 e. The van der Waals surface area contributed by atoms with Crippen molar-refractivity contribution < 1.29 is 5.21 Å². The Labute approximate surface area is 122 Å². The molecule has 112 valence electrons. The van der Waals surface area contributed by atoms with E-state index in [0.29, 0.717) is 17.1 Å². The molecule has 0 amide bonds. The lowest BCUT2D eigenvalue weighted by atomic mass is 10.1. The number of nitrogens with one attached hydrogen (secondary N) is 2. The number of rotatable bonds is 3. The minimum atomic E-state index is 0.0658. The topological polar surface area (TPSA) is 103 Å². The van der Waals surface area contributed by atoms with Crippen LogP contribution in [-0.2, 0) is 0 Å². The highest BCUT2D eigenvalue weighted by Crippen LogP contribution is 2.20. The van der Waals surface area contributed by atoms with E-state index in [1.807, 2.05) is 12.1 Å². The van der Waals surface area contributed by atoms with Crippen LogP contribution in [0.2, 0.25) is 0 Å². The van der Waals surface area contributed by atoms with Gasteiger partial charge in [-0.05, 0) is 38.6 Å². The zero-order chi connectivity index (χ0) is 14.8. The Morgan fingerprint density at radius 2 is 2.43 bits per heavy atom. The highest BCUT2D eigenvalue weighted by atomic mass is 16.4. The normalized spacial score (nSPS) is 20.8. The quantitative estimate of drug-likeness (QED) is 0.294. The van der Waals surface area contributed by atoms with E-state index in [1.54, 1.807) is 6.07 Å². The molecule has 0 spiro atoms. The average molecular weight is 288 g/mol. The molecular weight excluding hydrogens is 268 g/mol. The third-order valence-corrected chi connectivity index (χ3v) is 3.86. The van der Waals surface area contributed by atoms with Gasteiger partial charge in [0, 0.05) is 18.2 Å². The number of hydrogen-bond acceptors (Lipinski definition) is 5. The standard InChI is InChI=1S/C14H20N6O/c1-20-7-3-4-9(8-20)16-14-17-11-6-2-5-10(12(11)18-14)13(15)19-21/h2,5-6,9,21H,3-4,7-8H2,1H3,(H2,15,19)(H2,16,17,18). The molecule has 5 N–H and O–H groups in total. The molecule has 1 aliphatic rings. The number of para-hydroxylation sites is 1. The first-order valence-electron chi connectivity index (χ1n) is 7.09. The van der Waals surface area contributed by atoms with E-state index >= 15 is 0 Å². The summed E-state index contributed by atoms with van der Waals surface area (Å²) < 4.78 is 0. The molecule has 0 radical (unpaired) electrons. The molecule has 1 saturated heterocycles. The predicted molar refractivity (Wildman–Crippen MR) is 82.7 cm³/mol. The maximum atomic E-state index is 8.85. The highest BCUT2D eigenvalue weighted by molar-refractivity contribution is 6.07. The van der Waals surface area contributed by atoms with Crippen molar-refractivity contribution >= 4 is 22.8 Å². The Balaban J connectivity index is 1.87. The van der Waals surface area contributed by atoms with Crippen LogP contribution in [0.25, 0.3) is 11.0 Å². The average Bonchev–Trinajstić information content (AvgIpc) is 2.88. The van der Waals surface area contributed by atoms with Gasteiger partial charge >= 0.3 is 0 Å². The number of fused-ring (bicyclic) bond motifs is 1. The van der Waals surface area contributed by atoms with Crippen molar-refractivity contribution in [3.63, 3.8) is 0 Å². The van der Waals surface area contributed by atoms with Gasteiger partial charge in [-0.3, -0.25) is 0 Å². The zero-order valence-electron chi connectivity index (χ0n) is 12.0. The van der Waals surface area contributed by atoms with Crippen LogP contribution in [-0.4, -0.2) is 52.1 Å². The maximum absolute atomic E-state index is 8.85. The van der Waals surface area contributed by atoms with Crippen LogP contribution >= 0.6 is 0 Å². The zero-order valence-corrected chi connectivity index (χ0v) is 12.0. The fourth-order valence-corrected chi connectivity index (χ4v) is 2.84. The van der Waals surface area contributed by atoms with Gasteiger partial charge in [-0.2, -0.15) is 0 Å². The lowest BCUT2D eigenvalue weighted by Gasteiger charge is -2.29. The van der Waals surface area contributed by atoms with Crippen LogP contribution in [0.15, 0.2) is 23.4 Å². The molecule has 2 aromatic rings. The van der Waals surface area contributed by atoms with Crippen molar-refractivity contribution in [1.82, 2.24) is 14.9 Å². The number of aromatic nitrogens is 2. The number of imidazole rings is 1. The minimum absolute atomic E-state index is 0.0658. The van der Waals surface area contributed by atoms with E-state index in [1.165, 1.54) is 6.42 Å². The number of nitrogens with two attached hydrogens (primary N) is 1. The number of aromatic amines is 1. The van der Waals surface area contributed by atoms with E-state index in [9.17, 15) is 0 Å². The molecule has 2 heterocycles. The summed E-state index contributed by atoms with van der Waals surface area (Å²) in [5.74, 6) is 0.791. The fraction of sp³-hybridized carbons (Fsp3) is 0.429. The van der Waals surface area contributed by atoms with Crippen LogP contribution in [0.4, 0.5) is 5.95 Å². The summed E-state index contributed by atoms with van der Waals surface area (Å²) in [5.41, 5.74) is 7.89. The molecule has 3 rings (SSSR count). The SMILES string of the molecule is CN1CCCC(Nc2nc3c(C(N)=NO)cccc3[nH]2)C1. The second-order valence-electron chi connectivity index (χ2n) is 5.52. The number of hydrogen-bond donors (Lipinski definition) is 4. The largest absolute Gasteiger partial charge is 0.409 e. The van der Waals surface area contributed by atoms with Crippen molar-refractivity contribution in [3.8, 4) is 0 Å². The second-order valence-corrected chi connectivity index (χ2v) is 5.52. The third kappa shape index (κ3) is 2.78. The molecule has 1 aromatic carbocycles. The first-order chi connectivity index (χ1) is 10.2. The summed E-state index contributed by atoms with van der Waals surface area (Å²) in [6.07, 6.45) is 2.32. The molecule has 1 unspecified atom stereocenters. The van der Waals surface area contributed by atoms with Crippen molar-refractivity contribution in [2.75, 3.05) is 25.5 Å². The van der Waals surface area contributed by atoms with Gasteiger partial charge in [0.15, 0.2) is 5.84 Å². The van der Waals surface area contributed by atoms with E-state index in [2.05, 4.69) is 32.4 Å². The van der Waals surface area contributed by atoms with Crippen molar-refractivity contribution in [2.45, 2.75) is 18.9 Å². The first kappa shape index (κ1) is 13.7. The molecule has 7 nitrogen and oxygen atoms in total. The Kier molecular flexibility index (Phi) is 3.66. The van der Waals surface area contributed by atoms with Gasteiger partial charge in [0.05, 0.1) is 5.52 Å². The Hall–Kier alpha value is -2.28. The molecule has 1 atom stereocenters. The number of likely N-dealkylation sites (N-methyl/N-ethyl adjacent to an activating group) is 1. The lowest BCUT2D eigenvalue weighted by molar-refractivity contribution is 0.260. The fourth-order valence-electron chi connectivity index (χ4n) is 2.84. The van der Waals surface area contributed by atoms with Crippen molar-refractivity contribution in [2.24, 2.45) is 10.9 Å². The Bertz CT molecular complexity index is 665. The molecule has 0 bridgehead atoms. The number of oxime groups is 1. The number of likely N-dealkylation sites (tertiary alicyclic amines) is 1. The van der Waals surface area contributed by atoms with Crippen LogP contribution < -0.4 is 11.1 Å². The molecular formula is C14H20N6O. The lowest BCUT2D eigenvalue weighted by Crippen LogP contribution is -2.39. The molecule has 0 aliphatic carbocycles. The summed E-state index contributed by atoms with van der Waals surface area (Å²) in [4.78, 5) is 10.1. The first-order valence-corrected chi connectivity index (χ1v) is 7.09. The summed E-state index contributed by atoms with van der Waals surface area (Å²) in [6.45, 7) is 2.15. The van der Waals surface area contributed by atoms with Gasteiger partial charge in [0.1, 0.15) is 5.52 Å². The number of piperidine rings is 1. The van der Waals surface area contributed by atoms with Gasteiger partial charge in [-0.25, -0.2) is 4.98 Å². The van der Waals surface area contributed by atoms with E-state index in [-0.39, 0.29) is 5.84 Å². The van der Waals surface area contributed by atoms with Crippen LogP contribution in [0, 0.1) is 0 Å². The third-order valence-electron chi connectivity index (χ3n) is 3.86. The summed E-state index contributed by atoms with van der Waals surface area (Å²) in [7, 11) is 2.13. The Morgan fingerprint density at radius 1 is 1.57 bits per heavy atom. The number of anilines is 1. The molecule has 1 aliphatic heterocycles. The molecule has 0 saturated carbocycles. The monoisotopic (exact) mass is 288 g/mol. The molecule has 7 heteroatoms. The summed E-state index contributed by atoms with van der Waals surface area (Å²) in [5, 5.41) is 15.3. The van der Waals surface area contributed by atoms with E-state index < -0.39 is 0 Å². The number of H-pyrrole nitrogens is 1. The Morgan fingerprint density at radius 3 is 3.19 bits per heavy atom. The molecule has 1 aromatic heterocycles. The van der Waals surface area contributed by atoms with Crippen molar-refractivity contribution in [3.05, 3.63) is 23.8 Å². The van der Waals surface area contributed by atoms with Crippen LogP contribution in [0.5, 0.6) is 0 Å². The van der Waals surface area contributed by atoms with Crippen molar-refractivity contribution in [1.29, 1.82) is 0 Å². The predicted octanol–water partition coefficient (Wildman–Crippen LogP) is 1.16. The summed E-state index contributed by atoms with van der Waals surface area (Å²) in [6, 6.07) is 5.95. The molecule has 1 fully saturated rings. The molecule has 21 heavy (non-hydrogen) atoms. The second kappa shape index (κ2) is 5.61. The number of amidine groups is 1. The van der Waals surface area contributed by atoms with Gasteiger partial charge < -0.3 is 26.1 Å². The van der Waals surface area contributed by atoms with Crippen LogP contribution in [0.3, 0.4) is 0 Å². The van der Waals surface area contributed by atoms with Gasteiger partial charge in [-0.1, -0.05) is 11.2 Å². The number of benzene rings is 1. The van der Waals surface area contributed by atoms with Gasteiger partial charge in [-0.15, -0.1) is 0 Å². The highest BCUT2D eigenvalue weighted by Gasteiger charge is 2.18.